The van der Waals surface area contributed by atoms with Gasteiger partial charge in [0.1, 0.15) is 0 Å². The van der Waals surface area contributed by atoms with Crippen LogP contribution in [0, 0.1) is 0 Å². The minimum Gasteiger partial charge on any atom is -0.314 e. The van der Waals surface area contributed by atoms with Crippen molar-refractivity contribution < 1.29 is 8.42 Å². The van der Waals surface area contributed by atoms with Crippen LogP contribution in [0.25, 0.3) is 0 Å². The molecule has 0 saturated carbocycles. The van der Waals surface area contributed by atoms with Crippen molar-refractivity contribution in [2.24, 2.45) is 0 Å². The molecule has 0 bridgehead atoms. The zero-order valence-electron chi connectivity index (χ0n) is 8.55. The van der Waals surface area contributed by atoms with E-state index in [9.17, 15) is 8.42 Å². The van der Waals surface area contributed by atoms with E-state index in [-0.39, 0.29) is 12.4 Å². The summed E-state index contributed by atoms with van der Waals surface area (Å²) in [6, 6.07) is 0. The quantitative estimate of drug-likeness (QED) is 0.671. The van der Waals surface area contributed by atoms with Gasteiger partial charge in [0.05, 0.1) is 9.49 Å². The Morgan fingerprint density at radius 3 is 1.54 bits per heavy atom. The molecule has 0 unspecified atom stereocenters. The first-order valence-corrected chi connectivity index (χ1v) is 5.64. The Balaban J connectivity index is 0.00000144. The molecule has 1 saturated heterocycles. The van der Waals surface area contributed by atoms with Crippen LogP contribution in [0.2, 0.25) is 0 Å². The Morgan fingerprint density at radius 1 is 1.00 bits per heavy atom. The zero-order valence-corrected chi connectivity index (χ0v) is 10.2. The van der Waals surface area contributed by atoms with E-state index in [0.717, 1.165) is 0 Å². The Labute approximate surface area is 86.6 Å². The highest BCUT2D eigenvalue weighted by molar-refractivity contribution is 7.94. The average molecular weight is 228 g/mol. The van der Waals surface area contributed by atoms with Gasteiger partial charge in [0.2, 0.25) is 0 Å². The molecule has 0 spiro atoms. The second-order valence-electron chi connectivity index (χ2n) is 4.63. The molecule has 0 atom stereocenters. The van der Waals surface area contributed by atoms with Crippen molar-refractivity contribution in [3.63, 3.8) is 0 Å². The molecule has 1 aliphatic heterocycles. The molecule has 0 aliphatic carbocycles. The van der Waals surface area contributed by atoms with Gasteiger partial charge in [-0.3, -0.25) is 0 Å². The first-order valence-electron chi connectivity index (χ1n) is 4.16. The molecule has 1 N–H and O–H groups in total. The number of hydrogen-bond donors (Lipinski definition) is 1. The van der Waals surface area contributed by atoms with E-state index < -0.39 is 19.3 Å². The van der Waals surface area contributed by atoms with Crippen LogP contribution in [0.1, 0.15) is 27.7 Å². The first kappa shape index (κ1) is 13.2. The number of sulfone groups is 1. The van der Waals surface area contributed by atoms with Crippen molar-refractivity contribution in [3.05, 3.63) is 0 Å². The minimum atomic E-state index is -3.00. The zero-order chi connectivity index (χ0) is 9.62. The molecule has 80 valence electrons. The van der Waals surface area contributed by atoms with Gasteiger partial charge in [-0.25, -0.2) is 8.42 Å². The molecule has 1 rings (SSSR count). The van der Waals surface area contributed by atoms with E-state index in [1.165, 1.54) is 0 Å². The predicted molar refractivity (Wildman–Crippen MR) is 57.2 cm³/mol. The highest BCUT2D eigenvalue weighted by Gasteiger charge is 2.48. The molecule has 13 heavy (non-hydrogen) atoms. The summed E-state index contributed by atoms with van der Waals surface area (Å²) in [4.78, 5) is 0. The van der Waals surface area contributed by atoms with E-state index in [1.54, 1.807) is 27.7 Å². The lowest BCUT2D eigenvalue weighted by atomic mass is 10.1. The van der Waals surface area contributed by atoms with Crippen LogP contribution in [-0.2, 0) is 9.84 Å². The average Bonchev–Trinajstić information content (AvgIpc) is 1.83. The highest BCUT2D eigenvalue weighted by Crippen LogP contribution is 2.31. The van der Waals surface area contributed by atoms with Gasteiger partial charge in [0.15, 0.2) is 9.84 Å². The molecule has 0 amide bonds. The summed E-state index contributed by atoms with van der Waals surface area (Å²) < 4.78 is 22.6. The van der Waals surface area contributed by atoms with Gasteiger partial charge < -0.3 is 5.32 Å². The molecule has 0 aromatic rings. The first-order chi connectivity index (χ1) is 5.21. The lowest BCUT2D eigenvalue weighted by Crippen LogP contribution is -2.60. The minimum absolute atomic E-state index is 0. The monoisotopic (exact) mass is 227 g/mol. The van der Waals surface area contributed by atoms with Crippen LogP contribution in [0.3, 0.4) is 0 Å². The lowest BCUT2D eigenvalue weighted by Gasteiger charge is -2.40. The van der Waals surface area contributed by atoms with Crippen molar-refractivity contribution >= 4 is 22.2 Å². The standard InChI is InChI=1S/C8H17NO2S.ClH/c1-7(2)5-9-6-8(3,4)12(7,10)11;/h9H,5-6H2,1-4H3;1H. The third-order valence-electron chi connectivity index (χ3n) is 2.56. The van der Waals surface area contributed by atoms with Gasteiger partial charge in [-0.05, 0) is 27.7 Å². The van der Waals surface area contributed by atoms with Gasteiger partial charge in [-0.2, -0.15) is 0 Å². The molecule has 5 heteroatoms. The fourth-order valence-corrected chi connectivity index (χ4v) is 3.68. The molecule has 0 radical (unpaired) electrons. The van der Waals surface area contributed by atoms with E-state index in [0.29, 0.717) is 13.1 Å². The molecule has 1 aliphatic rings. The van der Waals surface area contributed by atoms with Crippen LogP contribution in [0.5, 0.6) is 0 Å². The van der Waals surface area contributed by atoms with Crippen LogP contribution in [0.15, 0.2) is 0 Å². The Kier molecular flexibility index (Phi) is 3.46. The summed E-state index contributed by atoms with van der Waals surface area (Å²) in [5, 5.41) is 3.14. The number of hydrogen-bond acceptors (Lipinski definition) is 3. The number of halogens is 1. The van der Waals surface area contributed by atoms with Crippen molar-refractivity contribution in [2.75, 3.05) is 13.1 Å². The number of rotatable bonds is 0. The van der Waals surface area contributed by atoms with Crippen LogP contribution in [0.4, 0.5) is 0 Å². The summed E-state index contributed by atoms with van der Waals surface area (Å²) >= 11 is 0. The highest BCUT2D eigenvalue weighted by atomic mass is 35.5. The van der Waals surface area contributed by atoms with Crippen molar-refractivity contribution in [3.8, 4) is 0 Å². The van der Waals surface area contributed by atoms with E-state index in [4.69, 9.17) is 0 Å². The van der Waals surface area contributed by atoms with Gasteiger partial charge in [0, 0.05) is 13.1 Å². The van der Waals surface area contributed by atoms with E-state index in [1.807, 2.05) is 0 Å². The normalized spacial score (nSPS) is 28.9. The second-order valence-corrected chi connectivity index (χ2v) is 7.84. The van der Waals surface area contributed by atoms with Crippen LogP contribution in [-0.4, -0.2) is 31.0 Å². The van der Waals surface area contributed by atoms with Crippen LogP contribution >= 0.6 is 12.4 Å². The summed E-state index contributed by atoms with van der Waals surface area (Å²) in [7, 11) is -3.00. The number of nitrogens with one attached hydrogen (secondary N) is 1. The molecule has 1 heterocycles. The molecular formula is C8H18ClNO2S. The van der Waals surface area contributed by atoms with Gasteiger partial charge in [-0.15, -0.1) is 12.4 Å². The fourth-order valence-electron chi connectivity index (χ4n) is 1.60. The van der Waals surface area contributed by atoms with Gasteiger partial charge in [0.25, 0.3) is 0 Å². The van der Waals surface area contributed by atoms with Gasteiger partial charge >= 0.3 is 0 Å². The maximum Gasteiger partial charge on any atom is 0.163 e. The molecular weight excluding hydrogens is 210 g/mol. The van der Waals surface area contributed by atoms with E-state index >= 15 is 0 Å². The topological polar surface area (TPSA) is 46.2 Å². The predicted octanol–water partition coefficient (Wildman–Crippen LogP) is 0.983. The largest absolute Gasteiger partial charge is 0.314 e. The smallest absolute Gasteiger partial charge is 0.163 e. The SMILES string of the molecule is CC1(C)CNCC(C)(C)S1(=O)=O.Cl. The lowest BCUT2D eigenvalue weighted by molar-refractivity contribution is 0.429. The molecule has 3 nitrogen and oxygen atoms in total. The Hall–Kier alpha value is 0.200. The van der Waals surface area contributed by atoms with Crippen LogP contribution < -0.4 is 5.32 Å². The second kappa shape index (κ2) is 3.41. The Morgan fingerprint density at radius 2 is 1.31 bits per heavy atom. The third-order valence-corrected chi connectivity index (χ3v) is 5.75. The van der Waals surface area contributed by atoms with Crippen molar-refractivity contribution in [2.45, 2.75) is 37.2 Å². The fraction of sp³-hybridized carbons (Fsp3) is 1.00. The molecule has 0 aromatic carbocycles. The maximum atomic E-state index is 11.9. The summed E-state index contributed by atoms with van der Waals surface area (Å²) in [5.41, 5.74) is 0. The van der Waals surface area contributed by atoms with Crippen molar-refractivity contribution in [1.29, 1.82) is 0 Å². The van der Waals surface area contributed by atoms with Crippen molar-refractivity contribution in [1.82, 2.24) is 5.32 Å². The molecule has 1 fully saturated rings. The summed E-state index contributed by atoms with van der Waals surface area (Å²) in [6.45, 7) is 8.20. The maximum absolute atomic E-state index is 11.9. The third kappa shape index (κ3) is 1.85. The summed E-state index contributed by atoms with van der Waals surface area (Å²) in [5.74, 6) is 0. The Bertz CT molecular complexity index is 261. The van der Waals surface area contributed by atoms with Gasteiger partial charge in [-0.1, -0.05) is 0 Å². The summed E-state index contributed by atoms with van der Waals surface area (Å²) in [6.07, 6.45) is 0. The van der Waals surface area contributed by atoms with E-state index in [2.05, 4.69) is 5.32 Å². The molecule has 0 aromatic heterocycles.